The molecule has 1 saturated heterocycles. The molecule has 10 nitrogen and oxygen atoms in total. The molecule has 0 saturated carbocycles. The third-order valence-corrected chi connectivity index (χ3v) is 4.85. The summed E-state index contributed by atoms with van der Waals surface area (Å²) in [5.74, 6) is 0.0913. The number of ketones is 1. The van der Waals surface area contributed by atoms with Gasteiger partial charge in [0.2, 0.25) is 0 Å². The van der Waals surface area contributed by atoms with Gasteiger partial charge in [0.1, 0.15) is 24.3 Å². The summed E-state index contributed by atoms with van der Waals surface area (Å²) in [4.78, 5) is 28.0. The third-order valence-electron chi connectivity index (χ3n) is 4.85. The van der Waals surface area contributed by atoms with Crippen LogP contribution in [0.2, 0.25) is 0 Å². The maximum atomic E-state index is 12.2. The number of carbonyl (C=O) groups excluding carboxylic acids is 1. The summed E-state index contributed by atoms with van der Waals surface area (Å²) < 4.78 is 12.7. The molecule has 0 radical (unpaired) electrons. The quantitative estimate of drug-likeness (QED) is 0.350. The van der Waals surface area contributed by atoms with Gasteiger partial charge >= 0.3 is 5.69 Å². The zero-order valence-corrected chi connectivity index (χ0v) is 16.3. The van der Waals surface area contributed by atoms with E-state index in [4.69, 9.17) is 26.7 Å². The van der Waals surface area contributed by atoms with Crippen molar-refractivity contribution in [3.63, 3.8) is 0 Å². The number of carbonyl (C=O) groups is 1. The number of unbranched alkanes of at least 4 members (excludes halogenated alkanes) is 2. The lowest BCUT2D eigenvalue weighted by molar-refractivity contribution is -0.135. The number of aliphatic hydroxyl groups is 1. The summed E-state index contributed by atoms with van der Waals surface area (Å²) in [6, 6.07) is 0. The first-order valence-corrected chi connectivity index (χ1v) is 9.60. The zero-order valence-electron chi connectivity index (χ0n) is 16.3. The lowest BCUT2D eigenvalue weighted by Gasteiger charge is -2.20. The first-order valence-electron chi connectivity index (χ1n) is 9.60. The van der Waals surface area contributed by atoms with Crippen LogP contribution in [0.1, 0.15) is 43.9 Å². The summed E-state index contributed by atoms with van der Waals surface area (Å²) in [6.45, 7) is 2.40. The Morgan fingerprint density at radius 2 is 2.18 bits per heavy atom. The van der Waals surface area contributed by atoms with E-state index in [-0.39, 0.29) is 31.2 Å². The molecule has 1 aromatic heterocycles. The van der Waals surface area contributed by atoms with Gasteiger partial charge in [-0.15, -0.1) is 0 Å². The molecule has 2 rings (SSSR count). The smallest absolute Gasteiger partial charge is 0.351 e. The summed E-state index contributed by atoms with van der Waals surface area (Å²) in [6.07, 6.45) is 1.72. The van der Waals surface area contributed by atoms with Crippen LogP contribution >= 0.6 is 0 Å². The van der Waals surface area contributed by atoms with Crippen molar-refractivity contribution >= 4 is 11.6 Å². The fraction of sp³-hybridized carbons (Fsp3) is 0.722. The summed E-state index contributed by atoms with van der Waals surface area (Å²) in [7, 11) is 0. The molecule has 10 heteroatoms. The minimum absolute atomic E-state index is 0.00417. The fourth-order valence-electron chi connectivity index (χ4n) is 3.11. The van der Waals surface area contributed by atoms with E-state index >= 15 is 0 Å². The molecule has 1 fully saturated rings. The van der Waals surface area contributed by atoms with E-state index in [1.54, 1.807) is 13.1 Å². The predicted octanol–water partition coefficient (Wildman–Crippen LogP) is -0.786. The van der Waals surface area contributed by atoms with E-state index in [2.05, 4.69) is 4.98 Å². The van der Waals surface area contributed by atoms with Gasteiger partial charge in [0.25, 0.3) is 0 Å². The Bertz CT molecular complexity index is 710. The average molecular weight is 397 g/mol. The van der Waals surface area contributed by atoms with Crippen LogP contribution in [-0.4, -0.2) is 58.4 Å². The van der Waals surface area contributed by atoms with Crippen molar-refractivity contribution in [3.8, 4) is 0 Å². The van der Waals surface area contributed by atoms with Crippen molar-refractivity contribution in [1.29, 1.82) is 0 Å². The van der Waals surface area contributed by atoms with E-state index in [0.29, 0.717) is 18.5 Å². The molecule has 7 N–H and O–H groups in total. The molecule has 0 spiro atoms. The van der Waals surface area contributed by atoms with E-state index in [9.17, 15) is 14.7 Å². The Morgan fingerprint density at radius 1 is 1.43 bits per heavy atom. The molecular formula is C18H31N5O5. The Hall–Kier alpha value is -1.85. The highest BCUT2D eigenvalue weighted by molar-refractivity contribution is 5.83. The number of aliphatic hydroxyl groups excluding tert-OH is 1. The van der Waals surface area contributed by atoms with Crippen LogP contribution in [0.5, 0.6) is 0 Å². The normalized spacial score (nSPS) is 23.1. The van der Waals surface area contributed by atoms with Gasteiger partial charge in [0, 0.05) is 31.1 Å². The average Bonchev–Trinajstić information content (AvgIpc) is 3.03. The second kappa shape index (κ2) is 10.6. The Balaban J connectivity index is 1.90. The summed E-state index contributed by atoms with van der Waals surface area (Å²) >= 11 is 0. The number of aryl methyl sites for hydroxylation is 1. The van der Waals surface area contributed by atoms with Crippen molar-refractivity contribution < 1.29 is 19.4 Å². The first kappa shape index (κ1) is 22.4. The van der Waals surface area contributed by atoms with Crippen LogP contribution in [0.3, 0.4) is 0 Å². The van der Waals surface area contributed by atoms with Gasteiger partial charge < -0.3 is 31.8 Å². The van der Waals surface area contributed by atoms with E-state index in [0.717, 1.165) is 19.3 Å². The molecule has 1 aliphatic heterocycles. The highest BCUT2D eigenvalue weighted by Crippen LogP contribution is 2.28. The monoisotopic (exact) mass is 397 g/mol. The molecule has 0 aromatic carbocycles. The Morgan fingerprint density at radius 3 is 2.86 bits per heavy atom. The number of nitrogens with zero attached hydrogens (tertiary/aromatic N) is 2. The van der Waals surface area contributed by atoms with Crippen molar-refractivity contribution in [1.82, 2.24) is 9.55 Å². The number of hydrogen-bond acceptors (Lipinski definition) is 9. The molecule has 1 aliphatic rings. The van der Waals surface area contributed by atoms with Gasteiger partial charge in [-0.2, -0.15) is 4.98 Å². The number of nitrogens with two attached hydrogens (primary N) is 3. The van der Waals surface area contributed by atoms with Crippen LogP contribution in [0.15, 0.2) is 11.0 Å². The Kier molecular flexibility index (Phi) is 8.52. The molecule has 0 aliphatic carbocycles. The molecule has 1 aromatic rings. The second-order valence-corrected chi connectivity index (χ2v) is 7.05. The number of ether oxygens (including phenoxy) is 2. The van der Waals surface area contributed by atoms with E-state index in [1.807, 2.05) is 0 Å². The fourth-order valence-corrected chi connectivity index (χ4v) is 3.11. The molecule has 4 atom stereocenters. The van der Waals surface area contributed by atoms with Gasteiger partial charge in [0.05, 0.1) is 12.7 Å². The standard InChI is InChI=1S/C18H31N5O5/c1-11-9-23(18(26)22-17(11)21)16-7-13(25)15(28-16)10-27-14(8-20)12(24)5-3-2-4-6-19/h9,13-16,25H,2-8,10,19-20H2,1H3,(H2,21,22,26)/t13-,14?,15+,16+/m0/s1. The molecule has 158 valence electrons. The predicted molar refractivity (Wildman–Crippen MR) is 104 cm³/mol. The lowest BCUT2D eigenvalue weighted by Crippen LogP contribution is -2.37. The highest BCUT2D eigenvalue weighted by atomic mass is 16.6. The van der Waals surface area contributed by atoms with Crippen LogP contribution in [0.4, 0.5) is 5.82 Å². The number of rotatable bonds is 11. The molecule has 1 unspecified atom stereocenters. The molecular weight excluding hydrogens is 366 g/mol. The van der Waals surface area contributed by atoms with Gasteiger partial charge in [-0.25, -0.2) is 4.79 Å². The van der Waals surface area contributed by atoms with Crippen molar-refractivity contribution in [2.24, 2.45) is 11.5 Å². The number of hydrogen-bond donors (Lipinski definition) is 4. The maximum Gasteiger partial charge on any atom is 0.351 e. The second-order valence-electron chi connectivity index (χ2n) is 7.05. The van der Waals surface area contributed by atoms with E-state index in [1.165, 1.54) is 4.57 Å². The molecule has 2 heterocycles. The third kappa shape index (κ3) is 5.82. The van der Waals surface area contributed by atoms with Crippen LogP contribution in [-0.2, 0) is 14.3 Å². The Labute approximate surface area is 164 Å². The molecule has 0 amide bonds. The number of anilines is 1. The van der Waals surface area contributed by atoms with Gasteiger partial charge in [0.15, 0.2) is 5.78 Å². The minimum atomic E-state index is -0.840. The highest BCUT2D eigenvalue weighted by Gasteiger charge is 2.36. The van der Waals surface area contributed by atoms with Crippen LogP contribution < -0.4 is 22.9 Å². The number of nitrogen functional groups attached to an aromatic ring is 1. The SMILES string of the molecule is Cc1cn([C@H]2C[C@H](O)[C@@H](COC(CN)C(=O)CCCCCN)O2)c(=O)nc1N. The van der Waals surface area contributed by atoms with Crippen LogP contribution in [0, 0.1) is 6.92 Å². The lowest BCUT2D eigenvalue weighted by atomic mass is 10.1. The summed E-state index contributed by atoms with van der Waals surface area (Å²) in [5, 5.41) is 10.3. The summed E-state index contributed by atoms with van der Waals surface area (Å²) in [5.41, 5.74) is 16.8. The number of Topliss-reactive ketones (excluding diaryl/α,β-unsaturated/α-hetero) is 1. The maximum absolute atomic E-state index is 12.2. The molecule has 0 bridgehead atoms. The van der Waals surface area contributed by atoms with Crippen molar-refractivity contribution in [3.05, 3.63) is 22.2 Å². The van der Waals surface area contributed by atoms with Crippen molar-refractivity contribution in [2.45, 2.75) is 63.6 Å². The van der Waals surface area contributed by atoms with Crippen LogP contribution in [0.25, 0.3) is 0 Å². The number of aromatic nitrogens is 2. The van der Waals surface area contributed by atoms with Gasteiger partial charge in [-0.1, -0.05) is 6.42 Å². The van der Waals surface area contributed by atoms with Gasteiger partial charge in [-0.3, -0.25) is 9.36 Å². The zero-order chi connectivity index (χ0) is 20.7. The minimum Gasteiger partial charge on any atom is -0.390 e. The topological polar surface area (TPSA) is 169 Å². The first-order chi connectivity index (χ1) is 13.4. The van der Waals surface area contributed by atoms with E-state index < -0.39 is 30.2 Å². The largest absolute Gasteiger partial charge is 0.390 e. The van der Waals surface area contributed by atoms with Gasteiger partial charge in [-0.05, 0) is 26.3 Å². The van der Waals surface area contributed by atoms with Crippen molar-refractivity contribution in [2.75, 3.05) is 25.4 Å². The molecule has 28 heavy (non-hydrogen) atoms.